The maximum absolute atomic E-state index is 12.7. The van der Waals surface area contributed by atoms with E-state index in [2.05, 4.69) is 15.5 Å². The number of primary amides is 1. The van der Waals surface area contributed by atoms with Gasteiger partial charge in [-0.3, -0.25) is 9.59 Å². The van der Waals surface area contributed by atoms with Gasteiger partial charge in [0.05, 0.1) is 22.8 Å². The molecule has 0 fully saturated rings. The number of nitrogens with two attached hydrogens (primary N) is 1. The first-order valence-electron chi connectivity index (χ1n) is 11.4. The van der Waals surface area contributed by atoms with E-state index in [1.54, 1.807) is 13.8 Å². The first-order valence-corrected chi connectivity index (χ1v) is 13.2. The zero-order valence-corrected chi connectivity index (χ0v) is 22.4. The number of thioether (sulfide) groups is 1. The lowest BCUT2D eigenvalue weighted by molar-refractivity contribution is -0.113. The predicted molar refractivity (Wildman–Crippen MR) is 139 cm³/mol. The Hall–Kier alpha value is -3.38. The molecule has 12 heteroatoms. The van der Waals surface area contributed by atoms with Crippen molar-refractivity contribution in [3.8, 4) is 5.75 Å². The summed E-state index contributed by atoms with van der Waals surface area (Å²) in [7, 11) is 0. The van der Waals surface area contributed by atoms with Crippen LogP contribution in [0.1, 0.15) is 63.9 Å². The quantitative estimate of drug-likeness (QED) is 0.278. The van der Waals surface area contributed by atoms with E-state index in [0.29, 0.717) is 23.1 Å². The van der Waals surface area contributed by atoms with Crippen molar-refractivity contribution < 1.29 is 23.9 Å². The van der Waals surface area contributed by atoms with Crippen LogP contribution in [0.2, 0.25) is 0 Å². The maximum atomic E-state index is 12.7. The molecule has 0 saturated carbocycles. The van der Waals surface area contributed by atoms with Gasteiger partial charge >= 0.3 is 5.97 Å². The van der Waals surface area contributed by atoms with Crippen LogP contribution in [0.15, 0.2) is 29.4 Å². The lowest BCUT2D eigenvalue weighted by Gasteiger charge is -2.16. The molecule has 0 aliphatic carbocycles. The molecule has 192 valence electrons. The predicted octanol–water partition coefficient (Wildman–Crippen LogP) is 4.12. The average molecular weight is 532 g/mol. The number of nitrogens with zero attached hydrogens (tertiary/aromatic N) is 3. The number of anilines is 1. The topological polar surface area (TPSA) is 138 Å². The summed E-state index contributed by atoms with van der Waals surface area (Å²) in [4.78, 5) is 37.1. The Kier molecular flexibility index (Phi) is 9.10. The second-order valence-electron chi connectivity index (χ2n) is 7.84. The van der Waals surface area contributed by atoms with Gasteiger partial charge in [0.15, 0.2) is 17.1 Å². The molecule has 0 aliphatic rings. The molecule has 3 N–H and O–H groups in total. The highest BCUT2D eigenvalue weighted by Gasteiger charge is 2.26. The number of ether oxygens (including phenoxy) is 2. The van der Waals surface area contributed by atoms with Gasteiger partial charge in [-0.2, -0.15) is 0 Å². The Balaban J connectivity index is 1.71. The number of amides is 2. The summed E-state index contributed by atoms with van der Waals surface area (Å²) in [5, 5.41) is 12.0. The number of carbonyl (C=O) groups is 3. The molecule has 2 amide bonds. The molecule has 1 unspecified atom stereocenters. The summed E-state index contributed by atoms with van der Waals surface area (Å²) >= 11 is 2.16. The van der Waals surface area contributed by atoms with E-state index < -0.39 is 11.9 Å². The summed E-state index contributed by atoms with van der Waals surface area (Å²) in [6, 6.07) is 7.75. The van der Waals surface area contributed by atoms with Gasteiger partial charge in [0, 0.05) is 6.54 Å². The molecule has 0 aliphatic heterocycles. The van der Waals surface area contributed by atoms with Gasteiger partial charge in [0.25, 0.3) is 5.91 Å². The van der Waals surface area contributed by atoms with Gasteiger partial charge in [-0.15, -0.1) is 21.5 Å². The number of rotatable bonds is 11. The minimum atomic E-state index is -0.677. The Morgan fingerprint density at radius 2 is 1.97 bits per heavy atom. The molecule has 10 nitrogen and oxygen atoms in total. The number of hydrogen-bond acceptors (Lipinski definition) is 9. The molecule has 3 aromatic rings. The average Bonchev–Trinajstić information content (AvgIpc) is 3.38. The van der Waals surface area contributed by atoms with Crippen LogP contribution in [0.3, 0.4) is 0 Å². The third-order valence-corrected chi connectivity index (χ3v) is 7.35. The molecular weight excluding hydrogens is 502 g/mol. The minimum absolute atomic E-state index is 0.0103. The van der Waals surface area contributed by atoms with Crippen molar-refractivity contribution in [1.82, 2.24) is 14.8 Å². The maximum Gasteiger partial charge on any atom is 0.341 e. The molecule has 0 bridgehead atoms. The van der Waals surface area contributed by atoms with Gasteiger partial charge in [-0.1, -0.05) is 23.9 Å². The summed E-state index contributed by atoms with van der Waals surface area (Å²) in [6.45, 7) is 9.87. The number of aromatic nitrogens is 3. The van der Waals surface area contributed by atoms with E-state index in [4.69, 9.17) is 15.2 Å². The van der Waals surface area contributed by atoms with E-state index in [9.17, 15) is 14.4 Å². The Morgan fingerprint density at radius 1 is 1.22 bits per heavy atom. The number of esters is 1. The van der Waals surface area contributed by atoms with E-state index >= 15 is 0 Å². The van der Waals surface area contributed by atoms with Gasteiger partial charge in [-0.05, 0) is 57.9 Å². The molecule has 0 spiro atoms. The van der Waals surface area contributed by atoms with Crippen molar-refractivity contribution in [1.29, 1.82) is 0 Å². The van der Waals surface area contributed by atoms with Gasteiger partial charge < -0.3 is 25.1 Å². The summed E-state index contributed by atoms with van der Waals surface area (Å²) in [6.07, 6.45) is -0.351. The lowest BCUT2D eigenvalue weighted by atomic mass is 10.1. The van der Waals surface area contributed by atoms with Crippen molar-refractivity contribution in [2.75, 3.05) is 17.7 Å². The Morgan fingerprint density at radius 3 is 2.61 bits per heavy atom. The highest BCUT2D eigenvalue weighted by Crippen LogP contribution is 2.34. The zero-order valence-electron chi connectivity index (χ0n) is 20.8. The van der Waals surface area contributed by atoms with Crippen molar-refractivity contribution in [3.63, 3.8) is 0 Å². The number of carbonyl (C=O) groups excluding carboxylic acids is 3. The molecule has 0 saturated heterocycles. The molecule has 1 aromatic carbocycles. The normalized spacial score (nSPS) is 11.7. The largest absolute Gasteiger partial charge is 0.483 e. The first-order chi connectivity index (χ1) is 17.2. The lowest BCUT2D eigenvalue weighted by Crippen LogP contribution is -2.17. The molecule has 2 heterocycles. The number of benzene rings is 1. The highest BCUT2D eigenvalue weighted by molar-refractivity contribution is 7.99. The minimum Gasteiger partial charge on any atom is -0.483 e. The molecule has 2 aromatic heterocycles. The fourth-order valence-corrected chi connectivity index (χ4v) is 5.40. The molecule has 0 radical (unpaired) electrons. The monoisotopic (exact) mass is 531 g/mol. The van der Waals surface area contributed by atoms with Crippen LogP contribution in [-0.4, -0.2) is 44.9 Å². The van der Waals surface area contributed by atoms with Crippen molar-refractivity contribution in [3.05, 3.63) is 51.7 Å². The van der Waals surface area contributed by atoms with E-state index in [0.717, 1.165) is 22.6 Å². The fraction of sp³-hybridized carbons (Fsp3) is 0.375. The standard InChI is InChI=1S/C24H29N5O5S2/c1-6-29-21(15(5)34-16-10-8-9-13(3)11-16)27-28-24(29)35-12-17(30)26-22-18(23(32)33-7-2)14(4)19(36-22)20(25)31/h8-11,15H,6-7,12H2,1-5H3,(H2,25,31)(H,26,30). The van der Waals surface area contributed by atoms with Crippen LogP contribution in [0, 0.1) is 13.8 Å². The molecule has 36 heavy (non-hydrogen) atoms. The van der Waals surface area contributed by atoms with Gasteiger partial charge in [-0.25, -0.2) is 4.79 Å². The first kappa shape index (κ1) is 27.2. The van der Waals surface area contributed by atoms with Gasteiger partial charge in [0.1, 0.15) is 10.8 Å². The third kappa shape index (κ3) is 6.24. The van der Waals surface area contributed by atoms with E-state index in [1.165, 1.54) is 11.8 Å². The molecule has 1 atom stereocenters. The highest BCUT2D eigenvalue weighted by atomic mass is 32.2. The van der Waals surface area contributed by atoms with Crippen molar-refractivity contribution >= 4 is 45.9 Å². The van der Waals surface area contributed by atoms with Crippen LogP contribution in [0.5, 0.6) is 5.75 Å². The summed E-state index contributed by atoms with van der Waals surface area (Å²) in [5.41, 5.74) is 7.03. The van der Waals surface area contributed by atoms with Crippen LogP contribution in [-0.2, 0) is 16.1 Å². The summed E-state index contributed by atoms with van der Waals surface area (Å²) in [5.74, 6) is -0.287. The van der Waals surface area contributed by atoms with E-state index in [1.807, 2.05) is 49.6 Å². The smallest absolute Gasteiger partial charge is 0.341 e. The molecule has 3 rings (SSSR count). The zero-order chi connectivity index (χ0) is 26.4. The number of thiophene rings is 1. The Bertz CT molecular complexity index is 1270. The number of hydrogen-bond donors (Lipinski definition) is 2. The Labute approximate surface area is 217 Å². The van der Waals surface area contributed by atoms with E-state index in [-0.39, 0.29) is 39.8 Å². The SMILES string of the molecule is CCOC(=O)c1c(NC(=O)CSc2nnc(C(C)Oc3cccc(C)c3)n2CC)sc(C(N)=O)c1C. The van der Waals surface area contributed by atoms with Crippen LogP contribution < -0.4 is 15.8 Å². The second-order valence-corrected chi connectivity index (χ2v) is 9.81. The summed E-state index contributed by atoms with van der Waals surface area (Å²) < 4.78 is 13.0. The third-order valence-electron chi connectivity index (χ3n) is 5.16. The van der Waals surface area contributed by atoms with Gasteiger partial charge in [0.2, 0.25) is 5.91 Å². The molecular formula is C24H29N5O5S2. The van der Waals surface area contributed by atoms with Crippen LogP contribution in [0.25, 0.3) is 0 Å². The number of nitrogens with one attached hydrogen (secondary N) is 1. The van der Waals surface area contributed by atoms with Crippen LogP contribution >= 0.6 is 23.1 Å². The van der Waals surface area contributed by atoms with Crippen molar-refractivity contribution in [2.45, 2.75) is 52.4 Å². The van der Waals surface area contributed by atoms with Crippen LogP contribution in [0.4, 0.5) is 5.00 Å². The van der Waals surface area contributed by atoms with Crippen molar-refractivity contribution in [2.24, 2.45) is 5.73 Å². The fourth-order valence-electron chi connectivity index (χ4n) is 3.53. The second kappa shape index (κ2) is 12.0. The number of aryl methyl sites for hydroxylation is 1.